The van der Waals surface area contributed by atoms with E-state index in [1.165, 1.54) is 11.1 Å². The first-order chi connectivity index (χ1) is 6.25. The lowest BCUT2D eigenvalue weighted by atomic mass is 10.0. The van der Waals surface area contributed by atoms with Crippen molar-refractivity contribution in [2.45, 2.75) is 19.4 Å². The Morgan fingerprint density at radius 2 is 2.21 bits per heavy atom. The van der Waals surface area contributed by atoms with Crippen LogP contribution in [0, 0.1) is 6.92 Å². The molecule has 14 heavy (non-hydrogen) atoms. The molecule has 1 aromatic rings. The van der Waals surface area contributed by atoms with E-state index in [-0.39, 0.29) is 18.4 Å². The summed E-state index contributed by atoms with van der Waals surface area (Å²) in [5.74, 6) is 0.312. The van der Waals surface area contributed by atoms with Gasteiger partial charge in [-0.2, -0.15) is 0 Å². The predicted molar refractivity (Wildman–Crippen MR) is 58.8 cm³/mol. The van der Waals surface area contributed by atoms with E-state index in [1.807, 2.05) is 6.07 Å². The molecular formula is C11H14ClNO. The van der Waals surface area contributed by atoms with Crippen LogP contribution in [-0.4, -0.2) is 12.3 Å². The normalized spacial score (nSPS) is 20.6. The first kappa shape index (κ1) is 11.2. The first-order valence-corrected chi connectivity index (χ1v) is 4.57. The Hall–Kier alpha value is -0.860. The highest BCUT2D eigenvalue weighted by Crippen LogP contribution is 2.21. The van der Waals surface area contributed by atoms with Gasteiger partial charge in [0.05, 0.1) is 6.54 Å². The van der Waals surface area contributed by atoms with Crippen LogP contribution in [0.3, 0.4) is 0 Å². The molecule has 0 amide bonds. The minimum absolute atomic E-state index is 0. The van der Waals surface area contributed by atoms with Crippen molar-refractivity contribution < 1.29 is 4.79 Å². The molecule has 0 aromatic heterocycles. The molecule has 1 atom stereocenters. The van der Waals surface area contributed by atoms with E-state index in [9.17, 15) is 4.79 Å². The second-order valence-electron chi connectivity index (χ2n) is 3.59. The largest absolute Gasteiger partial charge is 0.303 e. The molecule has 1 unspecified atom stereocenters. The number of hydrogen-bond acceptors (Lipinski definition) is 2. The maximum atomic E-state index is 11.0. The number of halogens is 1. The Morgan fingerprint density at radius 3 is 2.79 bits per heavy atom. The van der Waals surface area contributed by atoms with Gasteiger partial charge in [0.2, 0.25) is 0 Å². The molecule has 0 spiro atoms. The van der Waals surface area contributed by atoms with E-state index in [2.05, 4.69) is 30.4 Å². The first-order valence-electron chi connectivity index (χ1n) is 4.57. The zero-order chi connectivity index (χ0) is 9.26. The highest BCUT2D eigenvalue weighted by molar-refractivity contribution is 5.85. The van der Waals surface area contributed by atoms with Crippen LogP contribution in [0.5, 0.6) is 0 Å². The maximum Gasteiger partial charge on any atom is 0.148 e. The van der Waals surface area contributed by atoms with Crippen molar-refractivity contribution in [1.82, 2.24) is 5.32 Å². The van der Waals surface area contributed by atoms with Gasteiger partial charge in [-0.15, -0.1) is 12.4 Å². The zero-order valence-electron chi connectivity index (χ0n) is 8.12. The lowest BCUT2D eigenvalue weighted by Crippen LogP contribution is -2.13. The number of rotatable bonds is 1. The van der Waals surface area contributed by atoms with Crippen molar-refractivity contribution >= 4 is 18.2 Å². The van der Waals surface area contributed by atoms with Gasteiger partial charge >= 0.3 is 0 Å². The highest BCUT2D eigenvalue weighted by atomic mass is 35.5. The second-order valence-corrected chi connectivity index (χ2v) is 3.59. The Labute approximate surface area is 90.1 Å². The molecule has 0 radical (unpaired) electrons. The second kappa shape index (κ2) is 4.58. The van der Waals surface area contributed by atoms with Crippen molar-refractivity contribution in [2.75, 3.05) is 6.54 Å². The van der Waals surface area contributed by atoms with Gasteiger partial charge in [0.1, 0.15) is 5.78 Å². The van der Waals surface area contributed by atoms with E-state index in [1.54, 1.807) is 0 Å². The molecule has 1 N–H and O–H groups in total. The predicted octanol–water partition coefficient (Wildman–Crippen LogP) is 2.02. The summed E-state index contributed by atoms with van der Waals surface area (Å²) in [6.45, 7) is 2.60. The molecular weight excluding hydrogens is 198 g/mol. The minimum Gasteiger partial charge on any atom is -0.303 e. The van der Waals surface area contributed by atoms with Crippen LogP contribution in [-0.2, 0) is 4.79 Å². The molecule has 1 saturated heterocycles. The molecule has 2 nitrogen and oxygen atoms in total. The number of carbonyl (C=O) groups excluding carboxylic acids is 1. The van der Waals surface area contributed by atoms with E-state index in [4.69, 9.17) is 0 Å². The average Bonchev–Trinajstić information content (AvgIpc) is 2.52. The number of Topliss-reactive ketones (excluding diaryl/α,β-unsaturated/α-hetero) is 1. The number of aryl methyl sites for hydroxylation is 1. The van der Waals surface area contributed by atoms with Gasteiger partial charge in [-0.05, 0) is 12.5 Å². The van der Waals surface area contributed by atoms with Gasteiger partial charge in [-0.3, -0.25) is 4.79 Å². The molecule has 0 saturated carbocycles. The lowest BCUT2D eigenvalue weighted by Gasteiger charge is -2.09. The fourth-order valence-electron chi connectivity index (χ4n) is 1.73. The van der Waals surface area contributed by atoms with Crippen molar-refractivity contribution in [2.24, 2.45) is 0 Å². The number of nitrogens with one attached hydrogen (secondary N) is 1. The number of hydrogen-bond donors (Lipinski definition) is 1. The lowest BCUT2D eigenvalue weighted by molar-refractivity contribution is -0.116. The van der Waals surface area contributed by atoms with Crippen LogP contribution in [0.4, 0.5) is 0 Å². The summed E-state index contributed by atoms with van der Waals surface area (Å²) in [6.07, 6.45) is 0.642. The molecule has 0 bridgehead atoms. The highest BCUT2D eigenvalue weighted by Gasteiger charge is 2.22. The number of benzene rings is 1. The van der Waals surface area contributed by atoms with E-state index >= 15 is 0 Å². The maximum absolute atomic E-state index is 11.0. The summed E-state index contributed by atoms with van der Waals surface area (Å²) in [5.41, 5.74) is 2.48. The number of carbonyl (C=O) groups is 1. The van der Waals surface area contributed by atoms with Crippen molar-refractivity contribution in [3.8, 4) is 0 Å². The number of ketones is 1. The molecule has 1 aliphatic heterocycles. The summed E-state index contributed by atoms with van der Waals surface area (Å²) < 4.78 is 0. The molecule has 1 fully saturated rings. The van der Waals surface area contributed by atoms with E-state index in [0.29, 0.717) is 18.7 Å². The van der Waals surface area contributed by atoms with Gasteiger partial charge in [-0.1, -0.05) is 29.8 Å². The van der Waals surface area contributed by atoms with Crippen LogP contribution >= 0.6 is 12.4 Å². The third-order valence-electron chi connectivity index (χ3n) is 2.42. The smallest absolute Gasteiger partial charge is 0.148 e. The zero-order valence-corrected chi connectivity index (χ0v) is 8.93. The topological polar surface area (TPSA) is 29.1 Å². The van der Waals surface area contributed by atoms with Gasteiger partial charge in [0.15, 0.2) is 0 Å². The van der Waals surface area contributed by atoms with E-state index < -0.39 is 0 Å². The SMILES string of the molecule is Cc1cccc(C2CC(=O)CN2)c1.Cl. The molecule has 76 valence electrons. The average molecular weight is 212 g/mol. The van der Waals surface area contributed by atoms with Crippen LogP contribution in [0.2, 0.25) is 0 Å². The molecule has 1 aromatic carbocycles. The quantitative estimate of drug-likeness (QED) is 0.770. The molecule has 1 aliphatic rings. The monoisotopic (exact) mass is 211 g/mol. The minimum atomic E-state index is 0. The van der Waals surface area contributed by atoms with Crippen molar-refractivity contribution in [1.29, 1.82) is 0 Å². The van der Waals surface area contributed by atoms with Crippen LogP contribution in [0.1, 0.15) is 23.6 Å². The fourth-order valence-corrected chi connectivity index (χ4v) is 1.73. The molecule has 1 heterocycles. The summed E-state index contributed by atoms with van der Waals surface area (Å²) in [4.78, 5) is 11.0. The Kier molecular flexibility index (Phi) is 3.67. The molecule has 3 heteroatoms. The van der Waals surface area contributed by atoms with Crippen molar-refractivity contribution in [3.63, 3.8) is 0 Å². The molecule has 2 rings (SSSR count). The summed E-state index contributed by atoms with van der Waals surface area (Å²) in [6, 6.07) is 8.56. The summed E-state index contributed by atoms with van der Waals surface area (Å²) in [7, 11) is 0. The van der Waals surface area contributed by atoms with Gasteiger partial charge < -0.3 is 5.32 Å². The molecule has 0 aliphatic carbocycles. The Balaban J connectivity index is 0.000000980. The van der Waals surface area contributed by atoms with Crippen LogP contribution < -0.4 is 5.32 Å². The van der Waals surface area contributed by atoms with Crippen LogP contribution in [0.25, 0.3) is 0 Å². The summed E-state index contributed by atoms with van der Waals surface area (Å²) in [5, 5.41) is 3.20. The van der Waals surface area contributed by atoms with Crippen LogP contribution in [0.15, 0.2) is 24.3 Å². The fraction of sp³-hybridized carbons (Fsp3) is 0.364. The third-order valence-corrected chi connectivity index (χ3v) is 2.42. The van der Waals surface area contributed by atoms with Gasteiger partial charge in [0, 0.05) is 12.5 Å². The summed E-state index contributed by atoms with van der Waals surface area (Å²) >= 11 is 0. The van der Waals surface area contributed by atoms with Gasteiger partial charge in [-0.25, -0.2) is 0 Å². The van der Waals surface area contributed by atoms with Crippen molar-refractivity contribution in [3.05, 3.63) is 35.4 Å². The van der Waals surface area contributed by atoms with Gasteiger partial charge in [0.25, 0.3) is 0 Å². The Bertz CT molecular complexity index is 338. The standard InChI is InChI=1S/C11H13NO.ClH/c1-8-3-2-4-9(5-8)11-6-10(13)7-12-11;/h2-5,11-12H,6-7H2,1H3;1H. The Morgan fingerprint density at radius 1 is 1.43 bits per heavy atom. The van der Waals surface area contributed by atoms with E-state index in [0.717, 1.165) is 0 Å². The third kappa shape index (κ3) is 2.34.